The third-order valence-corrected chi connectivity index (χ3v) is 7.38. The van der Waals surface area contributed by atoms with E-state index in [1.807, 2.05) is 17.0 Å². The highest BCUT2D eigenvalue weighted by molar-refractivity contribution is 7.92. The van der Waals surface area contributed by atoms with Crippen molar-refractivity contribution in [3.8, 4) is 0 Å². The van der Waals surface area contributed by atoms with Crippen LogP contribution in [-0.2, 0) is 10.0 Å². The van der Waals surface area contributed by atoms with E-state index in [1.165, 1.54) is 22.5 Å². The van der Waals surface area contributed by atoms with E-state index in [4.69, 9.17) is 0 Å². The van der Waals surface area contributed by atoms with Gasteiger partial charge in [-0.15, -0.1) is 0 Å². The molecule has 4 rings (SSSR count). The summed E-state index contributed by atoms with van der Waals surface area (Å²) >= 11 is 0. The molecule has 7 heteroatoms. The standard InChI is InChI=1S/C26H29N3O3S/c1-27(33(2,31)32)24-15-13-23(14-16-24)26(30)29-19-17-28(18-20-29)25(21-9-5-3-6-10-21)22-11-7-4-8-12-22/h3-16,25H,17-20H2,1-2H3. The molecular formula is C26H29N3O3S. The number of anilines is 1. The second kappa shape index (κ2) is 9.77. The van der Waals surface area contributed by atoms with Gasteiger partial charge in [-0.3, -0.25) is 14.0 Å². The molecule has 0 bridgehead atoms. The molecule has 3 aromatic rings. The molecule has 172 valence electrons. The molecule has 1 heterocycles. The van der Waals surface area contributed by atoms with Crippen LogP contribution in [0.1, 0.15) is 27.5 Å². The zero-order chi connectivity index (χ0) is 23.4. The molecule has 1 amide bonds. The van der Waals surface area contributed by atoms with Gasteiger partial charge in [0.25, 0.3) is 5.91 Å². The highest BCUT2D eigenvalue weighted by Crippen LogP contribution is 2.29. The normalized spacial score (nSPS) is 14.9. The van der Waals surface area contributed by atoms with Gasteiger partial charge in [0.15, 0.2) is 0 Å². The first-order chi connectivity index (χ1) is 15.8. The van der Waals surface area contributed by atoms with Gasteiger partial charge in [-0.1, -0.05) is 60.7 Å². The van der Waals surface area contributed by atoms with E-state index in [-0.39, 0.29) is 11.9 Å². The van der Waals surface area contributed by atoms with Gasteiger partial charge in [-0.2, -0.15) is 0 Å². The lowest BCUT2D eigenvalue weighted by Crippen LogP contribution is -2.49. The Balaban J connectivity index is 1.46. The third-order valence-electron chi connectivity index (χ3n) is 6.17. The summed E-state index contributed by atoms with van der Waals surface area (Å²) in [5.74, 6) is -0.0285. The molecule has 0 aliphatic carbocycles. The molecule has 0 unspecified atom stereocenters. The fraction of sp³-hybridized carbons (Fsp3) is 0.269. The molecule has 0 radical (unpaired) electrons. The fourth-order valence-electron chi connectivity index (χ4n) is 4.26. The van der Waals surface area contributed by atoms with Crippen molar-refractivity contribution < 1.29 is 13.2 Å². The van der Waals surface area contributed by atoms with Crippen molar-refractivity contribution in [2.75, 3.05) is 43.8 Å². The number of carbonyl (C=O) groups is 1. The Kier molecular flexibility index (Phi) is 6.81. The number of amides is 1. The SMILES string of the molecule is CN(c1ccc(C(=O)N2CCN(C(c3ccccc3)c3ccccc3)CC2)cc1)S(C)(=O)=O. The average Bonchev–Trinajstić information content (AvgIpc) is 2.85. The second-order valence-corrected chi connectivity index (χ2v) is 10.3. The summed E-state index contributed by atoms with van der Waals surface area (Å²) in [5, 5.41) is 0. The number of nitrogens with zero attached hydrogens (tertiary/aromatic N) is 3. The summed E-state index contributed by atoms with van der Waals surface area (Å²) in [4.78, 5) is 17.4. The van der Waals surface area contributed by atoms with Crippen LogP contribution in [0.4, 0.5) is 5.69 Å². The summed E-state index contributed by atoms with van der Waals surface area (Å²) in [6.07, 6.45) is 1.16. The number of hydrogen-bond acceptors (Lipinski definition) is 4. The van der Waals surface area contributed by atoms with Gasteiger partial charge >= 0.3 is 0 Å². The van der Waals surface area contributed by atoms with Crippen molar-refractivity contribution in [2.24, 2.45) is 0 Å². The number of sulfonamides is 1. The smallest absolute Gasteiger partial charge is 0.253 e. The Morgan fingerprint density at radius 2 is 1.27 bits per heavy atom. The van der Waals surface area contributed by atoms with E-state index in [0.717, 1.165) is 19.3 Å². The Morgan fingerprint density at radius 1 is 0.788 bits per heavy atom. The van der Waals surface area contributed by atoms with Gasteiger partial charge in [0.2, 0.25) is 10.0 Å². The fourth-order valence-corrected chi connectivity index (χ4v) is 4.76. The largest absolute Gasteiger partial charge is 0.336 e. The number of carbonyl (C=O) groups excluding carboxylic acids is 1. The minimum atomic E-state index is -3.34. The monoisotopic (exact) mass is 463 g/mol. The molecule has 0 spiro atoms. The van der Waals surface area contributed by atoms with Crippen LogP contribution in [0.3, 0.4) is 0 Å². The van der Waals surface area contributed by atoms with E-state index >= 15 is 0 Å². The van der Waals surface area contributed by atoms with Gasteiger partial charge in [0.1, 0.15) is 0 Å². The molecule has 1 saturated heterocycles. The quantitative estimate of drug-likeness (QED) is 0.560. The van der Waals surface area contributed by atoms with E-state index in [0.29, 0.717) is 24.3 Å². The molecule has 3 aromatic carbocycles. The van der Waals surface area contributed by atoms with Crippen LogP contribution in [0.15, 0.2) is 84.9 Å². The Bertz CT molecular complexity index is 1130. The molecule has 1 aliphatic heterocycles. The first-order valence-electron chi connectivity index (χ1n) is 11.0. The lowest BCUT2D eigenvalue weighted by molar-refractivity contribution is 0.0597. The molecule has 0 N–H and O–H groups in total. The molecule has 1 fully saturated rings. The van der Waals surface area contributed by atoms with Gasteiger partial charge < -0.3 is 4.90 Å². The van der Waals surface area contributed by atoms with Crippen molar-refractivity contribution in [2.45, 2.75) is 6.04 Å². The van der Waals surface area contributed by atoms with Crippen LogP contribution < -0.4 is 4.31 Å². The maximum absolute atomic E-state index is 13.1. The van der Waals surface area contributed by atoms with E-state index in [2.05, 4.69) is 53.4 Å². The average molecular weight is 464 g/mol. The molecule has 1 aliphatic rings. The minimum Gasteiger partial charge on any atom is -0.336 e. The first kappa shape index (κ1) is 23.0. The van der Waals surface area contributed by atoms with Crippen LogP contribution in [0.25, 0.3) is 0 Å². The molecule has 6 nitrogen and oxygen atoms in total. The zero-order valence-electron chi connectivity index (χ0n) is 19.0. The van der Waals surface area contributed by atoms with Crippen molar-refractivity contribution in [1.29, 1.82) is 0 Å². The van der Waals surface area contributed by atoms with E-state index < -0.39 is 10.0 Å². The van der Waals surface area contributed by atoms with Crippen LogP contribution in [0.2, 0.25) is 0 Å². The lowest BCUT2D eigenvalue weighted by Gasteiger charge is -2.39. The predicted molar refractivity (Wildman–Crippen MR) is 132 cm³/mol. The second-order valence-electron chi connectivity index (χ2n) is 8.33. The summed E-state index contributed by atoms with van der Waals surface area (Å²) < 4.78 is 24.7. The van der Waals surface area contributed by atoms with E-state index in [1.54, 1.807) is 24.3 Å². The topological polar surface area (TPSA) is 60.9 Å². The predicted octanol–water partition coefficient (Wildman–Crippen LogP) is 3.63. The van der Waals surface area contributed by atoms with Crippen molar-refractivity contribution in [3.05, 3.63) is 102 Å². The summed E-state index contributed by atoms with van der Waals surface area (Å²) in [7, 11) is -1.84. The maximum Gasteiger partial charge on any atom is 0.253 e. The number of benzene rings is 3. The summed E-state index contributed by atoms with van der Waals surface area (Å²) in [5.41, 5.74) is 3.59. The Hall–Kier alpha value is -3.16. The molecule has 0 atom stereocenters. The van der Waals surface area contributed by atoms with Crippen LogP contribution in [0.5, 0.6) is 0 Å². The third kappa shape index (κ3) is 5.26. The van der Waals surface area contributed by atoms with Gasteiger partial charge in [-0.05, 0) is 35.4 Å². The number of rotatable bonds is 6. The highest BCUT2D eigenvalue weighted by atomic mass is 32.2. The van der Waals surface area contributed by atoms with Crippen LogP contribution >= 0.6 is 0 Å². The van der Waals surface area contributed by atoms with Crippen molar-refractivity contribution in [1.82, 2.24) is 9.80 Å². The Morgan fingerprint density at radius 3 is 1.73 bits per heavy atom. The van der Waals surface area contributed by atoms with Gasteiger partial charge in [-0.25, -0.2) is 8.42 Å². The van der Waals surface area contributed by atoms with Crippen LogP contribution in [0, 0.1) is 0 Å². The van der Waals surface area contributed by atoms with Crippen molar-refractivity contribution in [3.63, 3.8) is 0 Å². The van der Waals surface area contributed by atoms with Crippen LogP contribution in [-0.4, -0.2) is 63.6 Å². The summed E-state index contributed by atoms with van der Waals surface area (Å²) in [6.45, 7) is 2.82. The molecule has 33 heavy (non-hydrogen) atoms. The zero-order valence-corrected chi connectivity index (χ0v) is 19.8. The van der Waals surface area contributed by atoms with E-state index in [9.17, 15) is 13.2 Å². The molecule has 0 aromatic heterocycles. The minimum absolute atomic E-state index is 0.0285. The highest BCUT2D eigenvalue weighted by Gasteiger charge is 2.28. The maximum atomic E-state index is 13.1. The van der Waals surface area contributed by atoms with Gasteiger partial charge in [0, 0.05) is 38.8 Å². The first-order valence-corrected chi connectivity index (χ1v) is 12.9. The summed E-state index contributed by atoms with van der Waals surface area (Å²) in [6, 6.07) is 27.8. The number of hydrogen-bond donors (Lipinski definition) is 0. The molecular weight excluding hydrogens is 434 g/mol. The number of piperazine rings is 1. The van der Waals surface area contributed by atoms with Crippen molar-refractivity contribution >= 4 is 21.6 Å². The lowest BCUT2D eigenvalue weighted by atomic mass is 9.96. The van der Waals surface area contributed by atoms with Gasteiger partial charge in [0.05, 0.1) is 18.0 Å². The Labute approximate surface area is 196 Å². The molecule has 0 saturated carbocycles.